The van der Waals surface area contributed by atoms with Gasteiger partial charge >= 0.3 is 6.09 Å². The number of ether oxygens (including phenoxy) is 2. The zero-order chi connectivity index (χ0) is 17.8. The number of amides is 1. The Balaban J connectivity index is 2.07. The van der Waals surface area contributed by atoms with Crippen LogP contribution >= 0.6 is 15.9 Å². The smallest absolute Gasteiger partial charge is 0.413 e. The highest BCUT2D eigenvalue weighted by molar-refractivity contribution is 9.10. The second-order valence-corrected chi connectivity index (χ2v) is 5.88. The van der Waals surface area contributed by atoms with Crippen LogP contribution in [0.3, 0.4) is 0 Å². The van der Waals surface area contributed by atoms with E-state index in [2.05, 4.69) is 26.0 Å². The van der Waals surface area contributed by atoms with Gasteiger partial charge in [-0.15, -0.1) is 0 Å². The molecule has 1 aromatic carbocycles. The van der Waals surface area contributed by atoms with Crippen molar-refractivity contribution in [2.45, 2.75) is 0 Å². The van der Waals surface area contributed by atoms with Gasteiger partial charge in [0, 0.05) is 13.2 Å². The average Bonchev–Trinajstić information content (AvgIpc) is 2.97. The maximum Gasteiger partial charge on any atom is 0.413 e. The van der Waals surface area contributed by atoms with Crippen LogP contribution in [0.4, 0.5) is 10.6 Å². The topological polar surface area (TPSA) is 89.2 Å². The number of aromatic nitrogens is 3. The van der Waals surface area contributed by atoms with Crippen molar-refractivity contribution in [3.63, 3.8) is 0 Å². The van der Waals surface area contributed by atoms with Crippen LogP contribution in [0.15, 0.2) is 47.1 Å². The lowest BCUT2D eigenvalue weighted by molar-refractivity contribution is 0.186. The molecule has 2 aromatic heterocycles. The standard InChI is InChI=1S/C16H15BrN4O4/c1-24-8-7-20(16(22)23)14-9-13(25-11-5-3-2-4-6-11)19-15-12(17)10-18-21(14)15/h2-6,9-10H,7-8H2,1H3,(H,22,23). The fraction of sp³-hybridized carbons (Fsp3) is 0.188. The van der Waals surface area contributed by atoms with Crippen molar-refractivity contribution in [1.29, 1.82) is 0 Å². The Kier molecular flexibility index (Phi) is 5.15. The molecule has 0 saturated heterocycles. The van der Waals surface area contributed by atoms with Gasteiger partial charge in [-0.3, -0.25) is 4.90 Å². The van der Waals surface area contributed by atoms with Gasteiger partial charge in [-0.1, -0.05) is 18.2 Å². The Bertz CT molecular complexity index is 884. The lowest BCUT2D eigenvalue weighted by atomic mass is 10.3. The third kappa shape index (κ3) is 3.72. The molecule has 1 N–H and O–H groups in total. The lowest BCUT2D eigenvalue weighted by Crippen LogP contribution is -2.34. The van der Waals surface area contributed by atoms with Gasteiger partial charge in [-0.05, 0) is 28.1 Å². The number of rotatable bonds is 6. The van der Waals surface area contributed by atoms with Gasteiger partial charge < -0.3 is 14.6 Å². The number of methoxy groups -OCH3 is 1. The summed E-state index contributed by atoms with van der Waals surface area (Å²) in [4.78, 5) is 17.2. The van der Waals surface area contributed by atoms with Gasteiger partial charge in [0.05, 0.1) is 23.8 Å². The second-order valence-electron chi connectivity index (χ2n) is 5.02. The molecule has 0 saturated carbocycles. The zero-order valence-electron chi connectivity index (χ0n) is 13.3. The fourth-order valence-electron chi connectivity index (χ4n) is 2.24. The van der Waals surface area contributed by atoms with E-state index in [0.29, 0.717) is 21.7 Å². The quantitative estimate of drug-likeness (QED) is 0.674. The number of hydrogen-bond donors (Lipinski definition) is 1. The first-order valence-electron chi connectivity index (χ1n) is 7.36. The summed E-state index contributed by atoms with van der Waals surface area (Å²) in [6, 6.07) is 10.7. The molecule has 2 heterocycles. The van der Waals surface area contributed by atoms with Crippen LogP contribution < -0.4 is 9.64 Å². The van der Waals surface area contributed by atoms with Crippen LogP contribution in [0.1, 0.15) is 0 Å². The van der Waals surface area contributed by atoms with Gasteiger partial charge in [0.15, 0.2) is 5.65 Å². The maximum atomic E-state index is 11.7. The summed E-state index contributed by atoms with van der Waals surface area (Å²) >= 11 is 3.37. The number of nitrogens with zero attached hydrogens (tertiary/aromatic N) is 4. The minimum Gasteiger partial charge on any atom is -0.465 e. The SMILES string of the molecule is COCCN(C(=O)O)c1cc(Oc2ccccc2)nc2c(Br)cnn12. The van der Waals surface area contributed by atoms with Crippen molar-refractivity contribution in [2.24, 2.45) is 0 Å². The lowest BCUT2D eigenvalue weighted by Gasteiger charge is -2.20. The molecular weight excluding hydrogens is 392 g/mol. The summed E-state index contributed by atoms with van der Waals surface area (Å²) in [5.41, 5.74) is 0.451. The third-order valence-electron chi connectivity index (χ3n) is 3.38. The van der Waals surface area contributed by atoms with Crippen molar-refractivity contribution in [3.8, 4) is 11.6 Å². The van der Waals surface area contributed by atoms with Crippen LogP contribution in [-0.4, -0.2) is 46.1 Å². The van der Waals surface area contributed by atoms with Gasteiger partial charge in [0.1, 0.15) is 11.6 Å². The Labute approximate surface area is 151 Å². The number of anilines is 1. The molecule has 3 aromatic rings. The van der Waals surface area contributed by atoms with Crippen LogP contribution in [0.5, 0.6) is 11.6 Å². The van der Waals surface area contributed by atoms with Crippen LogP contribution in [0.2, 0.25) is 0 Å². The molecular formula is C16H15BrN4O4. The third-order valence-corrected chi connectivity index (χ3v) is 3.94. The normalized spacial score (nSPS) is 10.8. The number of hydrogen-bond acceptors (Lipinski definition) is 5. The molecule has 3 rings (SSSR count). The number of carboxylic acid groups (broad SMARTS) is 1. The summed E-state index contributed by atoms with van der Waals surface area (Å²) in [5.74, 6) is 1.17. The molecule has 8 nitrogen and oxygen atoms in total. The first kappa shape index (κ1) is 17.2. The van der Waals surface area contributed by atoms with Gasteiger partial charge in [-0.25, -0.2) is 4.79 Å². The molecule has 0 bridgehead atoms. The molecule has 1 amide bonds. The molecule has 0 unspecified atom stereocenters. The predicted molar refractivity (Wildman–Crippen MR) is 94.4 cm³/mol. The highest BCUT2D eigenvalue weighted by atomic mass is 79.9. The molecule has 9 heteroatoms. The molecule has 25 heavy (non-hydrogen) atoms. The van der Waals surface area contributed by atoms with Gasteiger partial charge in [-0.2, -0.15) is 14.6 Å². The van der Waals surface area contributed by atoms with E-state index in [9.17, 15) is 9.90 Å². The summed E-state index contributed by atoms with van der Waals surface area (Å²) in [6.07, 6.45) is 0.427. The molecule has 0 atom stereocenters. The number of carbonyl (C=O) groups is 1. The number of para-hydroxylation sites is 1. The molecule has 0 fully saturated rings. The zero-order valence-corrected chi connectivity index (χ0v) is 14.9. The van der Waals surface area contributed by atoms with Crippen LogP contribution in [0, 0.1) is 0 Å². The van der Waals surface area contributed by atoms with Gasteiger partial charge in [0.25, 0.3) is 0 Å². The van der Waals surface area contributed by atoms with E-state index in [0.717, 1.165) is 4.90 Å². The Morgan fingerprint density at radius 1 is 1.36 bits per heavy atom. The summed E-state index contributed by atoms with van der Waals surface area (Å²) in [5, 5.41) is 13.7. The number of fused-ring (bicyclic) bond motifs is 1. The van der Waals surface area contributed by atoms with Crippen molar-refractivity contribution < 1.29 is 19.4 Å². The number of benzene rings is 1. The second kappa shape index (κ2) is 7.49. The van der Waals surface area contributed by atoms with E-state index in [4.69, 9.17) is 9.47 Å². The molecule has 0 aliphatic carbocycles. The van der Waals surface area contributed by atoms with Crippen LogP contribution in [0.25, 0.3) is 5.65 Å². The molecule has 0 spiro atoms. The molecule has 130 valence electrons. The van der Waals surface area contributed by atoms with Crippen LogP contribution in [-0.2, 0) is 4.74 Å². The average molecular weight is 407 g/mol. The molecule has 0 radical (unpaired) electrons. The van der Waals surface area contributed by atoms with Crippen molar-refractivity contribution >= 4 is 33.5 Å². The highest BCUT2D eigenvalue weighted by Crippen LogP contribution is 2.28. The largest absolute Gasteiger partial charge is 0.465 e. The number of halogens is 1. The minimum atomic E-state index is -1.12. The minimum absolute atomic E-state index is 0.146. The van der Waals surface area contributed by atoms with Crippen molar-refractivity contribution in [2.75, 3.05) is 25.2 Å². The highest BCUT2D eigenvalue weighted by Gasteiger charge is 2.21. The van der Waals surface area contributed by atoms with E-state index >= 15 is 0 Å². The maximum absolute atomic E-state index is 11.7. The molecule has 0 aliphatic rings. The Morgan fingerprint density at radius 2 is 2.12 bits per heavy atom. The monoisotopic (exact) mass is 406 g/mol. The fourth-order valence-corrected chi connectivity index (χ4v) is 2.59. The summed E-state index contributed by atoms with van der Waals surface area (Å²) < 4.78 is 12.8. The van der Waals surface area contributed by atoms with E-state index in [1.165, 1.54) is 17.7 Å². The first-order valence-corrected chi connectivity index (χ1v) is 8.16. The van der Waals surface area contributed by atoms with E-state index in [-0.39, 0.29) is 19.0 Å². The predicted octanol–water partition coefficient (Wildman–Crippen LogP) is 3.41. The summed E-state index contributed by atoms with van der Waals surface area (Å²) in [7, 11) is 1.51. The van der Waals surface area contributed by atoms with Crippen molar-refractivity contribution in [3.05, 3.63) is 47.1 Å². The van der Waals surface area contributed by atoms with Gasteiger partial charge in [0.2, 0.25) is 5.88 Å². The summed E-state index contributed by atoms with van der Waals surface area (Å²) in [6.45, 7) is 0.390. The first-order chi connectivity index (χ1) is 12.1. The van der Waals surface area contributed by atoms with Crippen molar-refractivity contribution in [1.82, 2.24) is 14.6 Å². The van der Waals surface area contributed by atoms with E-state index in [1.807, 2.05) is 18.2 Å². The Morgan fingerprint density at radius 3 is 2.80 bits per heavy atom. The van der Waals surface area contributed by atoms with E-state index < -0.39 is 6.09 Å². The van der Waals surface area contributed by atoms with E-state index in [1.54, 1.807) is 18.3 Å². The Hall–Kier alpha value is -2.65. The molecule has 0 aliphatic heterocycles.